The fourth-order valence-corrected chi connectivity index (χ4v) is 2.63. The fraction of sp³-hybridized carbons (Fsp3) is 0.421. The van der Waals surface area contributed by atoms with Gasteiger partial charge in [0.05, 0.1) is 6.61 Å². The minimum absolute atomic E-state index is 0.316. The van der Waals surface area contributed by atoms with Crippen LogP contribution in [0.2, 0.25) is 0 Å². The number of benzene rings is 1. The molecule has 0 saturated heterocycles. The Morgan fingerprint density at radius 1 is 1.09 bits per heavy atom. The minimum Gasteiger partial charge on any atom is -0.490 e. The molecule has 3 heteroatoms. The van der Waals surface area contributed by atoms with Crippen LogP contribution >= 0.6 is 0 Å². The highest BCUT2D eigenvalue weighted by Gasteiger charge is 2.10. The highest BCUT2D eigenvalue weighted by Crippen LogP contribution is 2.26. The van der Waals surface area contributed by atoms with Gasteiger partial charge in [-0.3, -0.25) is 4.98 Å². The number of halogens is 1. The molecule has 22 heavy (non-hydrogen) atoms. The summed E-state index contributed by atoms with van der Waals surface area (Å²) in [6, 6.07) is 8.95. The van der Waals surface area contributed by atoms with Gasteiger partial charge in [-0.05, 0) is 60.6 Å². The van der Waals surface area contributed by atoms with Gasteiger partial charge in [-0.25, -0.2) is 4.39 Å². The van der Waals surface area contributed by atoms with E-state index >= 15 is 0 Å². The molecule has 1 aromatic heterocycles. The van der Waals surface area contributed by atoms with Crippen molar-refractivity contribution in [3.63, 3.8) is 0 Å². The van der Waals surface area contributed by atoms with Gasteiger partial charge < -0.3 is 4.74 Å². The first-order valence-electron chi connectivity index (χ1n) is 7.81. The van der Waals surface area contributed by atoms with Gasteiger partial charge in [0.15, 0.2) is 11.6 Å². The molecule has 0 spiro atoms. The SMILES string of the molecule is Cc1cc(-c2ccc(OC[C@@H](C)CC(C)C)c(F)c2)ccn1. The molecule has 2 nitrogen and oxygen atoms in total. The zero-order chi connectivity index (χ0) is 16.1. The summed E-state index contributed by atoms with van der Waals surface area (Å²) in [7, 11) is 0. The molecule has 0 N–H and O–H groups in total. The largest absolute Gasteiger partial charge is 0.490 e. The van der Waals surface area contributed by atoms with Crippen LogP contribution in [0.1, 0.15) is 32.9 Å². The second-order valence-corrected chi connectivity index (χ2v) is 6.38. The lowest BCUT2D eigenvalue weighted by Gasteiger charge is -2.15. The molecule has 118 valence electrons. The first kappa shape index (κ1) is 16.5. The van der Waals surface area contributed by atoms with Gasteiger partial charge >= 0.3 is 0 Å². The highest BCUT2D eigenvalue weighted by molar-refractivity contribution is 5.64. The Kier molecular flexibility index (Phi) is 5.53. The number of aryl methyl sites for hydroxylation is 1. The van der Waals surface area contributed by atoms with Crippen molar-refractivity contribution in [1.82, 2.24) is 4.98 Å². The van der Waals surface area contributed by atoms with Gasteiger partial charge in [-0.15, -0.1) is 0 Å². The molecular formula is C19H24FNO. The van der Waals surface area contributed by atoms with Crippen molar-refractivity contribution < 1.29 is 9.13 Å². The molecule has 1 heterocycles. The van der Waals surface area contributed by atoms with Crippen molar-refractivity contribution >= 4 is 0 Å². The zero-order valence-corrected chi connectivity index (χ0v) is 13.8. The molecule has 0 bridgehead atoms. The maximum absolute atomic E-state index is 14.2. The molecule has 1 aromatic carbocycles. The second kappa shape index (κ2) is 7.39. The van der Waals surface area contributed by atoms with Crippen LogP contribution in [-0.4, -0.2) is 11.6 Å². The molecule has 0 aliphatic heterocycles. The van der Waals surface area contributed by atoms with E-state index in [1.165, 1.54) is 6.07 Å². The van der Waals surface area contributed by atoms with Gasteiger partial charge in [0.2, 0.25) is 0 Å². The number of aromatic nitrogens is 1. The molecule has 0 aliphatic carbocycles. The molecule has 2 aromatic rings. The van der Waals surface area contributed by atoms with Crippen molar-refractivity contribution in [1.29, 1.82) is 0 Å². The van der Waals surface area contributed by atoms with Crippen LogP contribution in [0, 0.1) is 24.6 Å². The van der Waals surface area contributed by atoms with E-state index in [4.69, 9.17) is 4.74 Å². The van der Waals surface area contributed by atoms with Crippen molar-refractivity contribution in [3.05, 3.63) is 48.0 Å². The highest BCUT2D eigenvalue weighted by atomic mass is 19.1. The van der Waals surface area contributed by atoms with Crippen LogP contribution in [0.4, 0.5) is 4.39 Å². The molecule has 2 rings (SSSR count). The van der Waals surface area contributed by atoms with Crippen molar-refractivity contribution in [2.75, 3.05) is 6.61 Å². The van der Waals surface area contributed by atoms with Gasteiger partial charge in [0, 0.05) is 11.9 Å². The first-order chi connectivity index (χ1) is 10.5. The summed E-state index contributed by atoms with van der Waals surface area (Å²) >= 11 is 0. The number of pyridine rings is 1. The summed E-state index contributed by atoms with van der Waals surface area (Å²) in [6.45, 7) is 8.97. The molecule has 0 saturated carbocycles. The molecule has 0 amide bonds. The van der Waals surface area contributed by atoms with E-state index < -0.39 is 0 Å². The molecule has 0 radical (unpaired) electrons. The van der Waals surface area contributed by atoms with E-state index in [1.807, 2.05) is 25.1 Å². The van der Waals surface area contributed by atoms with E-state index in [1.54, 1.807) is 12.3 Å². The Morgan fingerprint density at radius 3 is 2.45 bits per heavy atom. The van der Waals surface area contributed by atoms with Gasteiger partial charge in [0.25, 0.3) is 0 Å². The lowest BCUT2D eigenvalue weighted by atomic mass is 10.00. The molecule has 1 atom stereocenters. The summed E-state index contributed by atoms with van der Waals surface area (Å²) in [5.41, 5.74) is 2.72. The second-order valence-electron chi connectivity index (χ2n) is 6.38. The maximum Gasteiger partial charge on any atom is 0.165 e. The third-order valence-electron chi connectivity index (χ3n) is 3.56. The molecular weight excluding hydrogens is 277 g/mol. The summed E-state index contributed by atoms with van der Waals surface area (Å²) in [5, 5.41) is 0. The van der Waals surface area contributed by atoms with Crippen LogP contribution in [0.25, 0.3) is 11.1 Å². The molecule has 0 aliphatic rings. The van der Waals surface area contributed by atoms with Crippen molar-refractivity contribution in [3.8, 4) is 16.9 Å². The topological polar surface area (TPSA) is 22.1 Å². The number of rotatable bonds is 6. The summed E-state index contributed by atoms with van der Waals surface area (Å²) in [4.78, 5) is 4.16. The first-order valence-corrected chi connectivity index (χ1v) is 7.81. The van der Waals surface area contributed by atoms with Gasteiger partial charge in [-0.1, -0.05) is 26.8 Å². The normalized spacial score (nSPS) is 12.5. The van der Waals surface area contributed by atoms with Crippen LogP contribution < -0.4 is 4.74 Å². The maximum atomic E-state index is 14.2. The van der Waals surface area contributed by atoms with Crippen LogP contribution in [0.3, 0.4) is 0 Å². The standard InChI is InChI=1S/C19H24FNO/c1-13(2)9-14(3)12-22-19-6-5-16(11-18(19)20)17-7-8-21-15(4)10-17/h5-8,10-11,13-14H,9,12H2,1-4H3/t14-/m0/s1. The predicted octanol–water partition coefficient (Wildman–Crippen LogP) is 5.26. The summed E-state index contributed by atoms with van der Waals surface area (Å²) in [5.74, 6) is 1.05. The van der Waals surface area contributed by atoms with Gasteiger partial charge in [-0.2, -0.15) is 0 Å². The Bertz CT molecular complexity index is 625. The number of nitrogens with zero attached hydrogens (tertiary/aromatic N) is 1. The Morgan fingerprint density at radius 2 is 1.82 bits per heavy atom. The Labute approximate surface area is 132 Å². The van der Waals surface area contributed by atoms with E-state index in [0.29, 0.717) is 24.2 Å². The lowest BCUT2D eigenvalue weighted by molar-refractivity contribution is 0.230. The summed E-state index contributed by atoms with van der Waals surface area (Å²) < 4.78 is 19.8. The van der Waals surface area contributed by atoms with Gasteiger partial charge in [0.1, 0.15) is 0 Å². The van der Waals surface area contributed by atoms with Crippen molar-refractivity contribution in [2.24, 2.45) is 11.8 Å². The quantitative estimate of drug-likeness (QED) is 0.726. The van der Waals surface area contributed by atoms with Crippen LogP contribution in [-0.2, 0) is 0 Å². The Hall–Kier alpha value is -1.90. The van der Waals surface area contributed by atoms with E-state index in [0.717, 1.165) is 23.2 Å². The monoisotopic (exact) mass is 301 g/mol. The fourth-order valence-electron chi connectivity index (χ4n) is 2.63. The third-order valence-corrected chi connectivity index (χ3v) is 3.56. The number of hydrogen-bond donors (Lipinski definition) is 0. The smallest absolute Gasteiger partial charge is 0.165 e. The molecule has 0 fully saturated rings. The van der Waals surface area contributed by atoms with Crippen LogP contribution in [0.15, 0.2) is 36.5 Å². The zero-order valence-electron chi connectivity index (χ0n) is 13.8. The minimum atomic E-state index is -0.316. The third kappa shape index (κ3) is 4.55. The lowest BCUT2D eigenvalue weighted by Crippen LogP contribution is -2.11. The molecule has 0 unspecified atom stereocenters. The average molecular weight is 301 g/mol. The van der Waals surface area contributed by atoms with Crippen LogP contribution in [0.5, 0.6) is 5.75 Å². The predicted molar refractivity (Wildman–Crippen MR) is 88.5 cm³/mol. The van der Waals surface area contributed by atoms with Crippen molar-refractivity contribution in [2.45, 2.75) is 34.1 Å². The van der Waals surface area contributed by atoms with E-state index in [2.05, 4.69) is 25.8 Å². The average Bonchev–Trinajstić information content (AvgIpc) is 2.45. The number of hydrogen-bond acceptors (Lipinski definition) is 2. The van der Waals surface area contributed by atoms with E-state index in [-0.39, 0.29) is 5.82 Å². The van der Waals surface area contributed by atoms with E-state index in [9.17, 15) is 4.39 Å². The number of ether oxygens (including phenoxy) is 1. The Balaban J connectivity index is 2.07. The summed E-state index contributed by atoms with van der Waals surface area (Å²) in [6.07, 6.45) is 2.82.